The van der Waals surface area contributed by atoms with E-state index in [4.69, 9.17) is 4.74 Å². The zero-order valence-corrected chi connectivity index (χ0v) is 12.2. The molecule has 1 rings (SSSR count). The maximum absolute atomic E-state index is 11.9. The SMILES string of the molecule is CCCN(c1ccccc1C(=O)OCC)S(C)(=O)=O. The van der Waals surface area contributed by atoms with Gasteiger partial charge in [0.05, 0.1) is 24.1 Å². The van der Waals surface area contributed by atoms with E-state index in [1.807, 2.05) is 6.92 Å². The van der Waals surface area contributed by atoms with E-state index < -0.39 is 16.0 Å². The Morgan fingerprint density at radius 2 is 1.89 bits per heavy atom. The molecular formula is C13H19NO4S. The van der Waals surface area contributed by atoms with E-state index in [0.717, 1.165) is 6.26 Å². The fourth-order valence-electron chi connectivity index (χ4n) is 1.74. The van der Waals surface area contributed by atoms with Crippen molar-refractivity contribution in [2.75, 3.05) is 23.7 Å². The first-order chi connectivity index (χ1) is 8.91. The zero-order chi connectivity index (χ0) is 14.5. The number of anilines is 1. The first-order valence-electron chi connectivity index (χ1n) is 6.15. The van der Waals surface area contributed by atoms with E-state index in [9.17, 15) is 13.2 Å². The number of ether oxygens (including phenoxy) is 1. The molecule has 0 aromatic heterocycles. The Balaban J connectivity index is 3.27. The van der Waals surface area contributed by atoms with Gasteiger partial charge in [-0.2, -0.15) is 0 Å². The van der Waals surface area contributed by atoms with Crippen molar-refractivity contribution in [2.24, 2.45) is 0 Å². The Morgan fingerprint density at radius 1 is 1.26 bits per heavy atom. The first kappa shape index (κ1) is 15.5. The van der Waals surface area contributed by atoms with E-state index >= 15 is 0 Å². The average molecular weight is 285 g/mol. The third-order valence-corrected chi connectivity index (χ3v) is 3.68. The van der Waals surface area contributed by atoms with Gasteiger partial charge in [-0.15, -0.1) is 0 Å². The Hall–Kier alpha value is -1.56. The van der Waals surface area contributed by atoms with Crippen LogP contribution in [0.1, 0.15) is 30.6 Å². The summed E-state index contributed by atoms with van der Waals surface area (Å²) in [6.45, 7) is 4.17. The smallest absolute Gasteiger partial charge is 0.340 e. The number of rotatable bonds is 6. The molecule has 0 radical (unpaired) electrons. The van der Waals surface area contributed by atoms with Gasteiger partial charge in [-0.3, -0.25) is 4.31 Å². The monoisotopic (exact) mass is 285 g/mol. The summed E-state index contributed by atoms with van der Waals surface area (Å²) in [6, 6.07) is 6.57. The zero-order valence-electron chi connectivity index (χ0n) is 11.4. The van der Waals surface area contributed by atoms with E-state index in [1.165, 1.54) is 4.31 Å². The summed E-state index contributed by atoms with van der Waals surface area (Å²) in [5.41, 5.74) is 0.633. The number of carbonyl (C=O) groups excluding carboxylic acids is 1. The summed E-state index contributed by atoms with van der Waals surface area (Å²) >= 11 is 0. The third kappa shape index (κ3) is 3.96. The average Bonchev–Trinajstić information content (AvgIpc) is 2.35. The highest BCUT2D eigenvalue weighted by Gasteiger charge is 2.22. The van der Waals surface area contributed by atoms with Crippen LogP contribution in [0.25, 0.3) is 0 Å². The molecule has 1 aromatic rings. The molecule has 0 unspecified atom stereocenters. The van der Waals surface area contributed by atoms with Gasteiger partial charge in [0.2, 0.25) is 10.0 Å². The van der Waals surface area contributed by atoms with Crippen molar-refractivity contribution < 1.29 is 17.9 Å². The molecule has 0 N–H and O–H groups in total. The Bertz CT molecular complexity index is 539. The number of nitrogens with zero attached hydrogens (tertiary/aromatic N) is 1. The molecule has 0 spiro atoms. The van der Waals surface area contributed by atoms with Crippen molar-refractivity contribution in [3.8, 4) is 0 Å². The normalized spacial score (nSPS) is 11.1. The van der Waals surface area contributed by atoms with Crippen LogP contribution >= 0.6 is 0 Å². The second kappa shape index (κ2) is 6.56. The number of sulfonamides is 1. The van der Waals surface area contributed by atoms with Gasteiger partial charge in [0.15, 0.2) is 0 Å². The molecule has 1 aromatic carbocycles. The van der Waals surface area contributed by atoms with Gasteiger partial charge in [0, 0.05) is 6.54 Å². The predicted octanol–water partition coefficient (Wildman–Crippen LogP) is 2.04. The molecule has 19 heavy (non-hydrogen) atoms. The summed E-state index contributed by atoms with van der Waals surface area (Å²) in [4.78, 5) is 11.9. The number of esters is 1. The maximum Gasteiger partial charge on any atom is 0.340 e. The van der Waals surface area contributed by atoms with E-state index in [-0.39, 0.29) is 12.2 Å². The third-order valence-electron chi connectivity index (χ3n) is 2.50. The van der Waals surface area contributed by atoms with Crippen molar-refractivity contribution in [3.63, 3.8) is 0 Å². The fraction of sp³-hybridized carbons (Fsp3) is 0.462. The number of para-hydroxylation sites is 1. The van der Waals surface area contributed by atoms with Crippen LogP contribution in [0.3, 0.4) is 0 Å². The van der Waals surface area contributed by atoms with Crippen molar-refractivity contribution >= 4 is 21.7 Å². The molecule has 0 saturated heterocycles. The van der Waals surface area contributed by atoms with E-state index in [1.54, 1.807) is 31.2 Å². The lowest BCUT2D eigenvalue weighted by molar-refractivity contribution is 0.0527. The van der Waals surface area contributed by atoms with E-state index in [2.05, 4.69) is 0 Å². The van der Waals surface area contributed by atoms with Crippen LogP contribution < -0.4 is 4.31 Å². The van der Waals surface area contributed by atoms with Gasteiger partial charge < -0.3 is 4.74 Å². The minimum absolute atomic E-state index is 0.250. The molecule has 0 atom stereocenters. The summed E-state index contributed by atoms with van der Waals surface area (Å²) in [7, 11) is -3.43. The minimum Gasteiger partial charge on any atom is -0.462 e. The lowest BCUT2D eigenvalue weighted by atomic mass is 10.2. The standard InChI is InChI=1S/C13H19NO4S/c1-4-10-14(19(3,16)17)12-9-7-6-8-11(12)13(15)18-5-2/h6-9H,4-5,10H2,1-3H3. The Kier molecular flexibility index (Phi) is 5.35. The van der Waals surface area contributed by atoms with Crippen LogP contribution in [-0.4, -0.2) is 33.8 Å². The summed E-state index contributed by atoms with van der Waals surface area (Å²) in [5.74, 6) is -0.511. The van der Waals surface area contributed by atoms with Crippen LogP contribution in [0.5, 0.6) is 0 Å². The van der Waals surface area contributed by atoms with Crippen LogP contribution in [0.2, 0.25) is 0 Å². The molecule has 106 valence electrons. The largest absolute Gasteiger partial charge is 0.462 e. The molecule has 6 heteroatoms. The quantitative estimate of drug-likeness (QED) is 0.750. The molecule has 0 aliphatic heterocycles. The van der Waals surface area contributed by atoms with Crippen LogP contribution in [0, 0.1) is 0 Å². The van der Waals surface area contributed by atoms with Gasteiger partial charge in [-0.05, 0) is 25.5 Å². The highest BCUT2D eigenvalue weighted by Crippen LogP contribution is 2.23. The Labute approximate surface area is 114 Å². The fourth-order valence-corrected chi connectivity index (χ4v) is 2.77. The molecule has 0 aliphatic rings. The Morgan fingerprint density at radius 3 is 2.42 bits per heavy atom. The highest BCUT2D eigenvalue weighted by molar-refractivity contribution is 7.92. The molecule has 0 fully saturated rings. The minimum atomic E-state index is -3.43. The van der Waals surface area contributed by atoms with Gasteiger partial charge >= 0.3 is 5.97 Å². The van der Waals surface area contributed by atoms with Crippen LogP contribution in [-0.2, 0) is 14.8 Å². The van der Waals surface area contributed by atoms with Crippen molar-refractivity contribution in [1.82, 2.24) is 0 Å². The topological polar surface area (TPSA) is 63.7 Å². The van der Waals surface area contributed by atoms with Crippen molar-refractivity contribution in [1.29, 1.82) is 0 Å². The van der Waals surface area contributed by atoms with Crippen molar-refractivity contribution in [3.05, 3.63) is 29.8 Å². The molecule has 5 nitrogen and oxygen atoms in total. The second-order valence-corrected chi connectivity index (χ2v) is 5.98. The lowest BCUT2D eigenvalue weighted by Gasteiger charge is -2.23. The highest BCUT2D eigenvalue weighted by atomic mass is 32.2. The van der Waals surface area contributed by atoms with Gasteiger partial charge in [-0.25, -0.2) is 13.2 Å². The molecule has 0 bridgehead atoms. The molecule has 0 amide bonds. The molecular weight excluding hydrogens is 266 g/mol. The predicted molar refractivity (Wildman–Crippen MR) is 74.9 cm³/mol. The molecule has 0 saturated carbocycles. The van der Waals surface area contributed by atoms with E-state index in [0.29, 0.717) is 18.7 Å². The second-order valence-electron chi connectivity index (χ2n) is 4.07. The lowest BCUT2D eigenvalue weighted by Crippen LogP contribution is -2.32. The first-order valence-corrected chi connectivity index (χ1v) is 8.00. The van der Waals surface area contributed by atoms with Gasteiger partial charge in [-0.1, -0.05) is 19.1 Å². The van der Waals surface area contributed by atoms with Crippen molar-refractivity contribution in [2.45, 2.75) is 20.3 Å². The van der Waals surface area contributed by atoms with Crippen LogP contribution in [0.4, 0.5) is 5.69 Å². The van der Waals surface area contributed by atoms with Gasteiger partial charge in [0.25, 0.3) is 0 Å². The summed E-state index contributed by atoms with van der Waals surface area (Å²) in [5, 5.41) is 0. The molecule has 0 aliphatic carbocycles. The number of hydrogen-bond acceptors (Lipinski definition) is 4. The number of carbonyl (C=O) groups is 1. The summed E-state index contributed by atoms with van der Waals surface area (Å²) < 4.78 is 29.8. The summed E-state index contributed by atoms with van der Waals surface area (Å²) in [6.07, 6.45) is 1.79. The number of benzene rings is 1. The maximum atomic E-state index is 11.9. The number of hydrogen-bond donors (Lipinski definition) is 0. The van der Waals surface area contributed by atoms with Crippen LogP contribution in [0.15, 0.2) is 24.3 Å². The molecule has 0 heterocycles. The van der Waals surface area contributed by atoms with Gasteiger partial charge in [0.1, 0.15) is 0 Å².